The van der Waals surface area contributed by atoms with Crippen LogP contribution in [0.25, 0.3) is 0 Å². The molecule has 0 bridgehead atoms. The lowest BCUT2D eigenvalue weighted by atomic mass is 10.3. The molecular weight excluding hydrogens is 359 g/mol. The van der Waals surface area contributed by atoms with E-state index in [1.165, 1.54) is 0 Å². The molecule has 0 fully saturated rings. The summed E-state index contributed by atoms with van der Waals surface area (Å²) >= 11 is 5.82. The van der Waals surface area contributed by atoms with Crippen molar-refractivity contribution >= 4 is 43.2 Å². The molecule has 0 spiro atoms. The van der Waals surface area contributed by atoms with E-state index in [1.807, 2.05) is 0 Å². The molecule has 80 valence electrons. The van der Waals surface area contributed by atoms with Crippen LogP contribution >= 0.6 is 43.2 Å². The van der Waals surface area contributed by atoms with Gasteiger partial charge in [-0.25, -0.2) is 0 Å². The number of rotatable bonds is 1. The third kappa shape index (κ3) is 2.11. The van der Waals surface area contributed by atoms with Crippen LogP contribution in [0.3, 0.4) is 0 Å². The van der Waals surface area contributed by atoms with Crippen LogP contribution in [0.1, 0.15) is 4.88 Å². The quantitative estimate of drug-likeness (QED) is 0.624. The average molecular weight is 360 g/mol. The molecule has 0 saturated carbocycles. The van der Waals surface area contributed by atoms with E-state index in [0.717, 1.165) is 6.07 Å². The van der Waals surface area contributed by atoms with Crippen LogP contribution in [0.4, 0.5) is 22.0 Å². The summed E-state index contributed by atoms with van der Waals surface area (Å²) in [7, 11) is 0. The maximum atomic E-state index is 12.8. The molecule has 1 aromatic rings. The zero-order valence-corrected chi connectivity index (χ0v) is 10.1. The van der Waals surface area contributed by atoms with Crippen LogP contribution in [0.15, 0.2) is 14.3 Å². The van der Waals surface area contributed by atoms with Gasteiger partial charge >= 0.3 is 12.1 Å². The molecule has 0 unspecified atom stereocenters. The molecule has 0 nitrogen and oxygen atoms in total. The van der Waals surface area contributed by atoms with Gasteiger partial charge in [0.25, 0.3) is 0 Å². The predicted molar refractivity (Wildman–Crippen MR) is 49.7 cm³/mol. The van der Waals surface area contributed by atoms with Gasteiger partial charge in [0.1, 0.15) is 0 Å². The highest BCUT2D eigenvalue weighted by Gasteiger charge is 2.60. The lowest BCUT2D eigenvalue weighted by Crippen LogP contribution is -2.33. The van der Waals surface area contributed by atoms with Crippen molar-refractivity contribution in [1.29, 1.82) is 0 Å². The Morgan fingerprint density at radius 3 is 1.86 bits per heavy atom. The minimum absolute atomic E-state index is 0.211. The highest BCUT2D eigenvalue weighted by molar-refractivity contribution is 9.11. The Morgan fingerprint density at radius 1 is 1.07 bits per heavy atom. The van der Waals surface area contributed by atoms with Crippen molar-refractivity contribution in [1.82, 2.24) is 0 Å². The normalized spacial score (nSPS) is 13.4. The first kappa shape index (κ1) is 12.4. The third-order valence-electron chi connectivity index (χ3n) is 1.30. The lowest BCUT2D eigenvalue weighted by Gasteiger charge is -2.18. The largest absolute Gasteiger partial charge is 0.458 e. The summed E-state index contributed by atoms with van der Waals surface area (Å²) in [5.41, 5.74) is 0. The summed E-state index contributed by atoms with van der Waals surface area (Å²) in [6.07, 6.45) is -5.57. The molecule has 0 aliphatic heterocycles. The van der Waals surface area contributed by atoms with Gasteiger partial charge in [-0.05, 0) is 37.9 Å². The lowest BCUT2D eigenvalue weighted by molar-refractivity contribution is -0.288. The van der Waals surface area contributed by atoms with Crippen LogP contribution in [-0.2, 0) is 5.92 Å². The van der Waals surface area contributed by atoms with E-state index in [2.05, 4.69) is 31.9 Å². The minimum atomic E-state index is -5.57. The average Bonchev–Trinajstić information content (AvgIpc) is 2.27. The molecule has 1 aromatic heterocycles. The predicted octanol–water partition coefficient (Wildman–Crippen LogP) is 4.93. The first-order chi connectivity index (χ1) is 6.16. The maximum Gasteiger partial charge on any atom is 0.458 e. The number of hydrogen-bond acceptors (Lipinski definition) is 1. The summed E-state index contributed by atoms with van der Waals surface area (Å²) < 4.78 is 61.3. The number of alkyl halides is 5. The zero-order chi connectivity index (χ0) is 11.1. The Bertz CT molecular complexity index is 342. The zero-order valence-electron chi connectivity index (χ0n) is 6.13. The van der Waals surface area contributed by atoms with Gasteiger partial charge in [0.05, 0.1) is 8.66 Å². The van der Waals surface area contributed by atoms with Crippen molar-refractivity contribution in [2.45, 2.75) is 12.1 Å². The van der Waals surface area contributed by atoms with Gasteiger partial charge in [0.2, 0.25) is 0 Å². The molecule has 14 heavy (non-hydrogen) atoms. The van der Waals surface area contributed by atoms with Gasteiger partial charge in [0, 0.05) is 4.47 Å². The minimum Gasteiger partial charge on any atom is -0.190 e. The highest BCUT2D eigenvalue weighted by atomic mass is 79.9. The molecule has 0 aliphatic carbocycles. The van der Waals surface area contributed by atoms with Crippen molar-refractivity contribution in [3.8, 4) is 0 Å². The van der Waals surface area contributed by atoms with Crippen molar-refractivity contribution in [3.63, 3.8) is 0 Å². The van der Waals surface area contributed by atoms with Crippen LogP contribution in [0.2, 0.25) is 0 Å². The Kier molecular flexibility index (Phi) is 3.28. The number of halogens is 7. The van der Waals surface area contributed by atoms with Gasteiger partial charge in [-0.15, -0.1) is 11.3 Å². The van der Waals surface area contributed by atoms with E-state index in [9.17, 15) is 22.0 Å². The molecule has 0 amide bonds. The second-order valence-corrected chi connectivity index (χ2v) is 5.59. The van der Waals surface area contributed by atoms with Crippen LogP contribution in [0.5, 0.6) is 0 Å². The van der Waals surface area contributed by atoms with E-state index in [0.29, 0.717) is 11.3 Å². The molecule has 0 atom stereocenters. The summed E-state index contributed by atoms with van der Waals surface area (Å²) in [4.78, 5) is -1.04. The third-order valence-corrected chi connectivity index (χ3v) is 3.89. The Morgan fingerprint density at radius 2 is 1.57 bits per heavy atom. The maximum absolute atomic E-state index is 12.8. The van der Waals surface area contributed by atoms with Crippen LogP contribution in [-0.4, -0.2) is 6.18 Å². The van der Waals surface area contributed by atoms with Gasteiger partial charge < -0.3 is 0 Å². The summed E-state index contributed by atoms with van der Waals surface area (Å²) in [6.45, 7) is 0. The standard InChI is InChI=1S/C6HBr2F5S/c7-2-1-3(8)14-4(2)5(9,10)6(11,12)13/h1H. The summed E-state index contributed by atoms with van der Waals surface area (Å²) in [5, 5.41) is 0. The second-order valence-electron chi connectivity index (χ2n) is 2.30. The molecule has 0 saturated heterocycles. The van der Waals surface area contributed by atoms with E-state index >= 15 is 0 Å². The van der Waals surface area contributed by atoms with Gasteiger partial charge in [-0.3, -0.25) is 0 Å². The number of hydrogen-bond donors (Lipinski definition) is 0. The van der Waals surface area contributed by atoms with E-state index in [-0.39, 0.29) is 8.26 Å². The molecular formula is C6HBr2F5S. The van der Waals surface area contributed by atoms with Gasteiger partial charge in [-0.1, -0.05) is 0 Å². The van der Waals surface area contributed by atoms with Crippen LogP contribution in [0, 0.1) is 0 Å². The van der Waals surface area contributed by atoms with Crippen molar-refractivity contribution in [2.75, 3.05) is 0 Å². The fourth-order valence-electron chi connectivity index (χ4n) is 0.684. The van der Waals surface area contributed by atoms with Crippen LogP contribution < -0.4 is 0 Å². The fourth-order valence-corrected chi connectivity index (χ4v) is 3.35. The molecule has 0 radical (unpaired) electrons. The molecule has 0 aliphatic rings. The SMILES string of the molecule is FC(F)(F)C(F)(F)c1sc(Br)cc1Br. The van der Waals surface area contributed by atoms with Crippen molar-refractivity contribution in [3.05, 3.63) is 19.2 Å². The second kappa shape index (κ2) is 3.71. The smallest absolute Gasteiger partial charge is 0.190 e. The van der Waals surface area contributed by atoms with Crippen molar-refractivity contribution in [2.24, 2.45) is 0 Å². The first-order valence-corrected chi connectivity index (χ1v) is 5.46. The fraction of sp³-hybridized carbons (Fsp3) is 0.333. The Balaban J connectivity index is 3.22. The molecule has 0 N–H and O–H groups in total. The van der Waals surface area contributed by atoms with Crippen molar-refractivity contribution < 1.29 is 22.0 Å². The monoisotopic (exact) mass is 358 g/mol. The molecule has 1 heterocycles. The van der Waals surface area contributed by atoms with E-state index < -0.39 is 17.0 Å². The Labute approximate surface area is 96.4 Å². The molecule has 1 rings (SSSR count). The summed E-state index contributed by atoms with van der Waals surface area (Å²) in [5.74, 6) is -4.82. The molecule has 8 heteroatoms. The molecule has 0 aromatic carbocycles. The van der Waals surface area contributed by atoms with Gasteiger partial charge in [-0.2, -0.15) is 22.0 Å². The number of thiophene rings is 1. The summed E-state index contributed by atoms with van der Waals surface area (Å²) in [6, 6.07) is 1.15. The highest BCUT2D eigenvalue weighted by Crippen LogP contribution is 2.50. The van der Waals surface area contributed by atoms with Gasteiger partial charge in [0.15, 0.2) is 0 Å². The van der Waals surface area contributed by atoms with E-state index in [1.54, 1.807) is 0 Å². The topological polar surface area (TPSA) is 0 Å². The van der Waals surface area contributed by atoms with E-state index in [4.69, 9.17) is 0 Å². The Hall–Kier alpha value is 0.310. The first-order valence-electron chi connectivity index (χ1n) is 3.06.